The summed E-state index contributed by atoms with van der Waals surface area (Å²) >= 11 is 8.10. The molecule has 1 aromatic heterocycles. The van der Waals surface area contributed by atoms with Gasteiger partial charge in [-0.05, 0) is 47.8 Å². The zero-order chi connectivity index (χ0) is 23.2. The molecule has 4 aromatic rings. The van der Waals surface area contributed by atoms with Crippen LogP contribution in [0.3, 0.4) is 0 Å². The van der Waals surface area contributed by atoms with Crippen LogP contribution in [0.25, 0.3) is 11.8 Å². The average molecular weight is 485 g/mol. The lowest BCUT2D eigenvalue weighted by Crippen LogP contribution is -2.38. The van der Waals surface area contributed by atoms with Crippen molar-refractivity contribution in [2.24, 2.45) is 4.99 Å². The van der Waals surface area contributed by atoms with Gasteiger partial charge in [0.2, 0.25) is 0 Å². The average Bonchev–Trinajstić information content (AvgIpc) is 3.18. The maximum atomic E-state index is 13.8. The maximum absolute atomic E-state index is 13.8. The molecule has 4 nitrogen and oxygen atoms in total. The first kappa shape index (κ1) is 21.1. The minimum atomic E-state index is -0.284. The number of ether oxygens (including phenoxy) is 1. The Morgan fingerprint density at radius 2 is 1.79 bits per heavy atom. The largest absolute Gasteiger partial charge is 0.496 e. The van der Waals surface area contributed by atoms with Gasteiger partial charge in [0.05, 0.1) is 23.4 Å². The van der Waals surface area contributed by atoms with Crippen LogP contribution >= 0.6 is 22.9 Å². The van der Waals surface area contributed by atoms with Crippen molar-refractivity contribution in [3.05, 3.63) is 125 Å². The molecule has 0 N–H and O–H groups in total. The predicted molar refractivity (Wildman–Crippen MR) is 137 cm³/mol. The van der Waals surface area contributed by atoms with Crippen molar-refractivity contribution in [2.45, 2.75) is 18.9 Å². The molecular weight excluding hydrogens is 464 g/mol. The number of halogens is 1. The Balaban J connectivity index is 1.65. The molecule has 168 valence electrons. The highest BCUT2D eigenvalue weighted by atomic mass is 35.5. The molecule has 6 heteroatoms. The molecular formula is C28H21ClN2O2S. The lowest BCUT2D eigenvalue weighted by Gasteiger charge is -2.31. The van der Waals surface area contributed by atoms with Gasteiger partial charge in [0.25, 0.3) is 5.56 Å². The van der Waals surface area contributed by atoms with Crippen LogP contribution in [0.1, 0.15) is 34.7 Å². The third-order valence-corrected chi connectivity index (χ3v) is 7.83. The van der Waals surface area contributed by atoms with Gasteiger partial charge in [-0.15, -0.1) is 0 Å². The Bertz CT molecular complexity index is 1650. The van der Waals surface area contributed by atoms with E-state index in [1.165, 1.54) is 16.9 Å². The van der Waals surface area contributed by atoms with Gasteiger partial charge in [-0.1, -0.05) is 83.6 Å². The molecule has 0 bridgehead atoms. The lowest BCUT2D eigenvalue weighted by molar-refractivity contribution is 0.414. The number of benzene rings is 3. The number of aryl methyl sites for hydroxylation is 1. The summed E-state index contributed by atoms with van der Waals surface area (Å²) in [5.74, 6) is 0.726. The van der Waals surface area contributed by atoms with Gasteiger partial charge in [0.15, 0.2) is 4.80 Å². The second-order valence-electron chi connectivity index (χ2n) is 8.38. The Morgan fingerprint density at radius 1 is 1.03 bits per heavy atom. The van der Waals surface area contributed by atoms with Crippen LogP contribution in [-0.4, -0.2) is 11.7 Å². The van der Waals surface area contributed by atoms with Crippen molar-refractivity contribution in [1.82, 2.24) is 4.57 Å². The number of hydrogen-bond acceptors (Lipinski definition) is 4. The van der Waals surface area contributed by atoms with Crippen molar-refractivity contribution < 1.29 is 4.74 Å². The van der Waals surface area contributed by atoms with Crippen molar-refractivity contribution in [1.29, 1.82) is 0 Å². The fourth-order valence-corrected chi connectivity index (χ4v) is 6.15. The van der Waals surface area contributed by atoms with Gasteiger partial charge in [-0.25, -0.2) is 4.99 Å². The van der Waals surface area contributed by atoms with E-state index in [0.717, 1.165) is 46.6 Å². The highest BCUT2D eigenvalue weighted by Gasteiger charge is 2.33. The van der Waals surface area contributed by atoms with Crippen LogP contribution in [0.2, 0.25) is 5.02 Å². The number of rotatable bonds is 3. The Morgan fingerprint density at radius 3 is 2.65 bits per heavy atom. The fourth-order valence-electron chi connectivity index (χ4n) is 4.92. The zero-order valence-electron chi connectivity index (χ0n) is 18.5. The zero-order valence-corrected chi connectivity index (χ0v) is 20.1. The quantitative estimate of drug-likeness (QED) is 0.411. The highest BCUT2D eigenvalue weighted by molar-refractivity contribution is 7.07. The van der Waals surface area contributed by atoms with Crippen LogP contribution in [0.5, 0.6) is 5.75 Å². The van der Waals surface area contributed by atoms with E-state index in [4.69, 9.17) is 21.3 Å². The molecule has 1 atom stereocenters. The van der Waals surface area contributed by atoms with Gasteiger partial charge in [0.1, 0.15) is 5.75 Å². The molecule has 0 fully saturated rings. The summed E-state index contributed by atoms with van der Waals surface area (Å²) in [5, 5.41) is 0.652. The van der Waals surface area contributed by atoms with Crippen LogP contribution in [-0.2, 0) is 6.42 Å². The van der Waals surface area contributed by atoms with Crippen molar-refractivity contribution in [3.63, 3.8) is 0 Å². The van der Waals surface area contributed by atoms with Gasteiger partial charge < -0.3 is 4.74 Å². The molecule has 0 amide bonds. The summed E-state index contributed by atoms with van der Waals surface area (Å²) in [6.45, 7) is 0. The summed E-state index contributed by atoms with van der Waals surface area (Å²) in [5.41, 5.74) is 6.26. The number of fused-ring (bicyclic) bond motifs is 3. The minimum absolute atomic E-state index is 0.0648. The molecule has 0 saturated carbocycles. The molecule has 1 aliphatic heterocycles. The van der Waals surface area contributed by atoms with E-state index < -0.39 is 0 Å². The summed E-state index contributed by atoms with van der Waals surface area (Å²) in [7, 11) is 1.64. The summed E-state index contributed by atoms with van der Waals surface area (Å²) in [6.07, 6.45) is 3.64. The van der Waals surface area contributed by atoms with E-state index in [1.54, 1.807) is 7.11 Å². The van der Waals surface area contributed by atoms with E-state index in [0.29, 0.717) is 14.4 Å². The smallest absolute Gasteiger partial charge is 0.271 e. The summed E-state index contributed by atoms with van der Waals surface area (Å²) < 4.78 is 7.94. The van der Waals surface area contributed by atoms with Gasteiger partial charge in [-0.3, -0.25) is 9.36 Å². The molecule has 0 saturated heterocycles. The second kappa shape index (κ2) is 8.42. The Hall–Kier alpha value is -3.41. The molecule has 1 aliphatic carbocycles. The van der Waals surface area contributed by atoms with Crippen LogP contribution in [0.4, 0.5) is 0 Å². The van der Waals surface area contributed by atoms with E-state index in [-0.39, 0.29) is 11.6 Å². The van der Waals surface area contributed by atoms with Gasteiger partial charge >= 0.3 is 0 Å². The first-order valence-corrected chi connectivity index (χ1v) is 12.4. The molecule has 0 spiro atoms. The Labute approximate surface area is 205 Å². The molecule has 2 heterocycles. The number of para-hydroxylation sites is 1. The van der Waals surface area contributed by atoms with Crippen molar-refractivity contribution in [3.8, 4) is 5.75 Å². The molecule has 3 aromatic carbocycles. The number of methoxy groups -OCH3 is 1. The number of thiazole rings is 1. The number of allylic oxidation sites excluding steroid dienone is 1. The van der Waals surface area contributed by atoms with E-state index in [9.17, 15) is 4.79 Å². The predicted octanol–water partition coefficient (Wildman–Crippen LogP) is 4.98. The van der Waals surface area contributed by atoms with Crippen LogP contribution in [0.15, 0.2) is 88.2 Å². The summed E-state index contributed by atoms with van der Waals surface area (Å²) in [6, 6.07) is 23.6. The molecule has 2 aliphatic rings. The maximum Gasteiger partial charge on any atom is 0.271 e. The monoisotopic (exact) mass is 484 g/mol. The number of aromatic nitrogens is 1. The third-order valence-electron chi connectivity index (χ3n) is 6.50. The van der Waals surface area contributed by atoms with E-state index in [1.807, 2.05) is 65.2 Å². The Kier molecular flexibility index (Phi) is 5.24. The van der Waals surface area contributed by atoms with E-state index >= 15 is 0 Å². The highest BCUT2D eigenvalue weighted by Crippen LogP contribution is 2.42. The van der Waals surface area contributed by atoms with Crippen molar-refractivity contribution >= 4 is 34.7 Å². The molecule has 0 unspecified atom stereocenters. The topological polar surface area (TPSA) is 43.6 Å². The first-order valence-electron chi connectivity index (χ1n) is 11.2. The minimum Gasteiger partial charge on any atom is -0.496 e. The van der Waals surface area contributed by atoms with Crippen molar-refractivity contribution in [2.75, 3.05) is 7.11 Å². The third kappa shape index (κ3) is 3.35. The normalized spacial score (nSPS) is 17.0. The van der Waals surface area contributed by atoms with Gasteiger partial charge in [0, 0.05) is 16.1 Å². The van der Waals surface area contributed by atoms with Crippen LogP contribution in [0, 0.1) is 0 Å². The summed E-state index contributed by atoms with van der Waals surface area (Å²) in [4.78, 5) is 19.5. The molecule has 6 rings (SSSR count). The van der Waals surface area contributed by atoms with Crippen LogP contribution < -0.4 is 19.6 Å². The SMILES string of the molecule is COc1ccccc1/C=c1\sc2n(c1=O)[C@@H](c1ccccc1Cl)C1=C(N=2)c2ccccc2CC1. The molecule has 0 radical (unpaired) electrons. The lowest BCUT2D eigenvalue weighted by atomic mass is 9.83. The number of hydrogen-bond donors (Lipinski definition) is 0. The fraction of sp³-hybridized carbons (Fsp3) is 0.143. The standard InChI is InChI=1S/C28H21ClN2O2S/c1-33-23-13-7-3-9-18(23)16-24-27(32)31-26(20-11-5-6-12-22(20)29)21-15-14-17-8-2-4-10-19(17)25(21)30-28(31)34-24/h2-13,16,26H,14-15H2,1H3/b24-16-/t26-/m0/s1. The van der Waals surface area contributed by atoms with E-state index in [2.05, 4.69) is 18.2 Å². The second-order valence-corrected chi connectivity index (χ2v) is 9.79. The number of nitrogens with zero attached hydrogens (tertiary/aromatic N) is 2. The molecule has 34 heavy (non-hydrogen) atoms. The first-order chi connectivity index (χ1) is 16.7. The van der Waals surface area contributed by atoms with Gasteiger partial charge in [-0.2, -0.15) is 0 Å².